The molecule has 0 bridgehead atoms. The van der Waals surface area contributed by atoms with Crippen molar-refractivity contribution in [2.45, 2.75) is 50.5 Å². The zero-order chi connectivity index (χ0) is 18.1. The van der Waals surface area contributed by atoms with E-state index in [0.717, 1.165) is 37.8 Å². The molecule has 1 heterocycles. The lowest BCUT2D eigenvalue weighted by Crippen LogP contribution is -2.32. The third-order valence-electron chi connectivity index (χ3n) is 5.70. The maximum atomic E-state index is 12.5. The van der Waals surface area contributed by atoms with Crippen molar-refractivity contribution in [2.24, 2.45) is 0 Å². The van der Waals surface area contributed by atoms with Crippen LogP contribution in [0.1, 0.15) is 70.4 Å². The Kier molecular flexibility index (Phi) is 4.64. The van der Waals surface area contributed by atoms with E-state index in [2.05, 4.69) is 34.6 Å². The molecule has 5 heteroatoms. The predicted molar refractivity (Wildman–Crippen MR) is 99.4 cm³/mol. The quantitative estimate of drug-likeness (QED) is 0.791. The summed E-state index contributed by atoms with van der Waals surface area (Å²) in [5.74, 6) is 0.105. The highest BCUT2D eigenvalue weighted by Gasteiger charge is 2.24. The van der Waals surface area contributed by atoms with E-state index in [9.17, 15) is 14.7 Å². The number of hydrogen-bond donors (Lipinski definition) is 3. The Hall–Kier alpha value is -2.40. The standard InChI is InChI=1S/C21H24N2O3/c24-19-7-3-6-18-16(19)12-17(21(26)23-18)20(25)22-11-10-14-9-8-13-4-1-2-5-15(13)14/h1-2,4-5,12,14,19,24H,3,6-11H2,(H,22,25)(H,23,26). The van der Waals surface area contributed by atoms with Crippen LogP contribution in [0, 0.1) is 0 Å². The third kappa shape index (κ3) is 3.19. The first-order chi connectivity index (χ1) is 12.6. The highest BCUT2D eigenvalue weighted by molar-refractivity contribution is 5.94. The smallest absolute Gasteiger partial charge is 0.261 e. The van der Waals surface area contributed by atoms with Crippen molar-refractivity contribution in [1.82, 2.24) is 10.3 Å². The molecule has 0 fully saturated rings. The average molecular weight is 352 g/mol. The van der Waals surface area contributed by atoms with Crippen LogP contribution in [0.3, 0.4) is 0 Å². The number of fused-ring (bicyclic) bond motifs is 2. The lowest BCUT2D eigenvalue weighted by atomic mass is 9.92. The fraction of sp³-hybridized carbons (Fsp3) is 0.429. The summed E-state index contributed by atoms with van der Waals surface area (Å²) in [6, 6.07) is 10.0. The molecular weight excluding hydrogens is 328 g/mol. The maximum absolute atomic E-state index is 12.5. The van der Waals surface area contributed by atoms with Crippen LogP contribution < -0.4 is 10.9 Å². The zero-order valence-electron chi connectivity index (χ0n) is 14.8. The number of aromatic amines is 1. The molecule has 0 saturated carbocycles. The van der Waals surface area contributed by atoms with Crippen LogP contribution in [0.2, 0.25) is 0 Å². The van der Waals surface area contributed by atoms with E-state index in [1.165, 1.54) is 11.1 Å². The van der Waals surface area contributed by atoms with Gasteiger partial charge in [-0.25, -0.2) is 0 Å². The minimum Gasteiger partial charge on any atom is -0.388 e. The molecule has 0 spiro atoms. The van der Waals surface area contributed by atoms with E-state index < -0.39 is 6.10 Å². The van der Waals surface area contributed by atoms with Gasteiger partial charge in [-0.1, -0.05) is 24.3 Å². The van der Waals surface area contributed by atoms with Crippen molar-refractivity contribution in [3.63, 3.8) is 0 Å². The molecule has 1 aromatic heterocycles. The van der Waals surface area contributed by atoms with Gasteiger partial charge >= 0.3 is 0 Å². The summed E-state index contributed by atoms with van der Waals surface area (Å²) in [5, 5.41) is 13.0. The van der Waals surface area contributed by atoms with Crippen LogP contribution in [0.5, 0.6) is 0 Å². The van der Waals surface area contributed by atoms with Crippen LogP contribution in [-0.4, -0.2) is 22.5 Å². The molecule has 2 unspecified atom stereocenters. The molecule has 2 atom stereocenters. The number of nitrogens with one attached hydrogen (secondary N) is 2. The normalized spacial score (nSPS) is 21.1. The Balaban J connectivity index is 1.41. The second-order valence-corrected chi connectivity index (χ2v) is 7.33. The van der Waals surface area contributed by atoms with Gasteiger partial charge < -0.3 is 15.4 Å². The van der Waals surface area contributed by atoms with Crippen LogP contribution in [-0.2, 0) is 12.8 Å². The molecule has 2 aliphatic carbocycles. The molecule has 4 rings (SSSR count). The SMILES string of the molecule is O=C(NCCC1CCc2ccccc21)c1cc2c([nH]c1=O)CCCC2O. The number of aliphatic hydroxyl groups excluding tert-OH is 1. The molecule has 2 aliphatic rings. The molecule has 5 nitrogen and oxygen atoms in total. The van der Waals surface area contributed by atoms with Crippen molar-refractivity contribution < 1.29 is 9.90 Å². The minimum absolute atomic E-state index is 0.0940. The van der Waals surface area contributed by atoms with Crippen LogP contribution in [0.25, 0.3) is 0 Å². The van der Waals surface area contributed by atoms with Gasteiger partial charge in [0.1, 0.15) is 5.56 Å². The second-order valence-electron chi connectivity index (χ2n) is 7.33. The summed E-state index contributed by atoms with van der Waals surface area (Å²) in [6.07, 6.45) is 4.73. The number of carbonyl (C=O) groups excluding carboxylic acids is 1. The number of aliphatic hydroxyl groups is 1. The summed E-state index contributed by atoms with van der Waals surface area (Å²) in [4.78, 5) is 27.5. The monoisotopic (exact) mass is 352 g/mol. The van der Waals surface area contributed by atoms with E-state index in [4.69, 9.17) is 0 Å². The van der Waals surface area contributed by atoms with Gasteiger partial charge in [0, 0.05) is 17.8 Å². The van der Waals surface area contributed by atoms with Crippen LogP contribution in [0.15, 0.2) is 35.1 Å². The Morgan fingerprint density at radius 2 is 2.04 bits per heavy atom. The lowest BCUT2D eigenvalue weighted by Gasteiger charge is -2.21. The number of rotatable bonds is 4. The Morgan fingerprint density at radius 3 is 2.92 bits per heavy atom. The van der Waals surface area contributed by atoms with Gasteiger partial charge in [0.05, 0.1) is 6.10 Å². The number of aryl methyl sites for hydroxylation is 2. The first kappa shape index (κ1) is 17.0. The molecule has 1 aromatic carbocycles. The third-order valence-corrected chi connectivity index (χ3v) is 5.70. The number of benzene rings is 1. The number of carbonyl (C=O) groups is 1. The summed E-state index contributed by atoms with van der Waals surface area (Å²) in [7, 11) is 0. The number of aromatic nitrogens is 1. The Morgan fingerprint density at radius 1 is 1.19 bits per heavy atom. The predicted octanol–water partition coefficient (Wildman–Crippen LogP) is 2.59. The van der Waals surface area contributed by atoms with Crippen LogP contribution >= 0.6 is 0 Å². The van der Waals surface area contributed by atoms with Gasteiger partial charge in [-0.15, -0.1) is 0 Å². The highest BCUT2D eigenvalue weighted by atomic mass is 16.3. The summed E-state index contributed by atoms with van der Waals surface area (Å²) < 4.78 is 0. The summed E-state index contributed by atoms with van der Waals surface area (Å²) in [6.45, 7) is 0.539. The van der Waals surface area contributed by atoms with Gasteiger partial charge in [0.25, 0.3) is 11.5 Å². The molecule has 26 heavy (non-hydrogen) atoms. The number of hydrogen-bond acceptors (Lipinski definition) is 3. The number of amides is 1. The van der Waals surface area contributed by atoms with Gasteiger partial charge in [0.15, 0.2) is 0 Å². The van der Waals surface area contributed by atoms with Gasteiger partial charge in [-0.3, -0.25) is 9.59 Å². The maximum Gasteiger partial charge on any atom is 0.261 e. The summed E-state index contributed by atoms with van der Waals surface area (Å²) in [5.41, 5.74) is 3.96. The average Bonchev–Trinajstić information content (AvgIpc) is 3.05. The topological polar surface area (TPSA) is 82.2 Å². The molecule has 136 valence electrons. The molecule has 0 saturated heterocycles. The van der Waals surface area contributed by atoms with E-state index in [1.807, 2.05) is 0 Å². The number of pyridine rings is 1. The Bertz CT molecular complexity index is 887. The molecule has 1 amide bonds. The van der Waals surface area contributed by atoms with Crippen LogP contribution in [0.4, 0.5) is 0 Å². The molecule has 0 aliphatic heterocycles. The second kappa shape index (κ2) is 7.08. The van der Waals surface area contributed by atoms with Crippen molar-refractivity contribution in [2.75, 3.05) is 6.54 Å². The lowest BCUT2D eigenvalue weighted by molar-refractivity contribution is 0.0950. The molecule has 3 N–H and O–H groups in total. The van der Waals surface area contributed by atoms with E-state index >= 15 is 0 Å². The summed E-state index contributed by atoms with van der Waals surface area (Å²) >= 11 is 0. The van der Waals surface area contributed by atoms with E-state index in [-0.39, 0.29) is 17.0 Å². The largest absolute Gasteiger partial charge is 0.388 e. The zero-order valence-corrected chi connectivity index (χ0v) is 14.8. The fourth-order valence-corrected chi connectivity index (χ4v) is 4.29. The van der Waals surface area contributed by atoms with E-state index in [1.54, 1.807) is 6.07 Å². The van der Waals surface area contributed by atoms with Gasteiger partial charge in [0.2, 0.25) is 0 Å². The molecule has 0 radical (unpaired) electrons. The fourth-order valence-electron chi connectivity index (χ4n) is 4.29. The van der Waals surface area contributed by atoms with E-state index in [0.29, 0.717) is 24.4 Å². The van der Waals surface area contributed by atoms with Crippen molar-refractivity contribution >= 4 is 5.91 Å². The molecular formula is C21H24N2O3. The van der Waals surface area contributed by atoms with Crippen molar-refractivity contribution in [1.29, 1.82) is 0 Å². The van der Waals surface area contributed by atoms with Crippen molar-refractivity contribution in [3.05, 3.63) is 68.6 Å². The van der Waals surface area contributed by atoms with Crippen molar-refractivity contribution in [3.8, 4) is 0 Å². The first-order valence-electron chi connectivity index (χ1n) is 9.43. The Labute approximate surface area is 152 Å². The first-order valence-corrected chi connectivity index (χ1v) is 9.43. The van der Waals surface area contributed by atoms with Gasteiger partial charge in [-0.2, -0.15) is 0 Å². The molecule has 2 aromatic rings. The highest BCUT2D eigenvalue weighted by Crippen LogP contribution is 2.34. The van der Waals surface area contributed by atoms with Gasteiger partial charge in [-0.05, 0) is 61.6 Å². The number of H-pyrrole nitrogens is 1. The minimum atomic E-state index is -0.600.